The Labute approximate surface area is 94.2 Å². The molecule has 16 heavy (non-hydrogen) atoms. The first-order chi connectivity index (χ1) is 7.76. The molecule has 5 heteroatoms. The summed E-state index contributed by atoms with van der Waals surface area (Å²) in [6.45, 7) is 0.461. The molecule has 1 aliphatic heterocycles. The van der Waals surface area contributed by atoms with Crippen LogP contribution < -0.4 is 20.5 Å². The van der Waals surface area contributed by atoms with Crippen molar-refractivity contribution in [2.24, 2.45) is 5.73 Å². The van der Waals surface area contributed by atoms with E-state index in [1.54, 1.807) is 7.05 Å². The van der Waals surface area contributed by atoms with Crippen molar-refractivity contribution in [3.05, 3.63) is 23.8 Å². The molecular weight excluding hydrogens is 208 g/mol. The SMILES string of the molecule is CNC(c1ccc2c(c1)OCO2)C(O)CN. The summed E-state index contributed by atoms with van der Waals surface area (Å²) in [4.78, 5) is 0. The summed E-state index contributed by atoms with van der Waals surface area (Å²) in [5.41, 5.74) is 6.39. The average Bonchev–Trinajstić information content (AvgIpc) is 2.77. The third-order valence-electron chi connectivity index (χ3n) is 2.69. The lowest BCUT2D eigenvalue weighted by Gasteiger charge is -2.21. The van der Waals surface area contributed by atoms with E-state index in [-0.39, 0.29) is 19.4 Å². The highest BCUT2D eigenvalue weighted by Crippen LogP contribution is 2.34. The van der Waals surface area contributed by atoms with Gasteiger partial charge >= 0.3 is 0 Å². The summed E-state index contributed by atoms with van der Waals surface area (Å²) in [5, 5.41) is 12.8. The van der Waals surface area contributed by atoms with E-state index in [1.807, 2.05) is 18.2 Å². The molecule has 1 heterocycles. The molecule has 0 bridgehead atoms. The van der Waals surface area contributed by atoms with Crippen LogP contribution in [0.4, 0.5) is 0 Å². The number of ether oxygens (including phenoxy) is 2. The predicted molar refractivity (Wildman–Crippen MR) is 59.4 cm³/mol. The molecule has 0 aromatic heterocycles. The summed E-state index contributed by atoms with van der Waals surface area (Å²) >= 11 is 0. The van der Waals surface area contributed by atoms with Crippen LogP contribution in [0.5, 0.6) is 11.5 Å². The fourth-order valence-electron chi connectivity index (χ4n) is 1.82. The van der Waals surface area contributed by atoms with E-state index in [0.717, 1.165) is 11.3 Å². The van der Waals surface area contributed by atoms with Crippen molar-refractivity contribution >= 4 is 0 Å². The highest BCUT2D eigenvalue weighted by Gasteiger charge is 2.21. The Bertz CT molecular complexity index is 370. The quantitative estimate of drug-likeness (QED) is 0.671. The minimum absolute atomic E-state index is 0.195. The molecule has 0 amide bonds. The molecule has 0 radical (unpaired) electrons. The second-order valence-corrected chi connectivity index (χ2v) is 3.68. The van der Waals surface area contributed by atoms with Crippen LogP contribution >= 0.6 is 0 Å². The largest absolute Gasteiger partial charge is 0.454 e. The molecule has 2 unspecified atom stereocenters. The van der Waals surface area contributed by atoms with Crippen LogP contribution in [0, 0.1) is 0 Å². The summed E-state index contributed by atoms with van der Waals surface area (Å²) in [5.74, 6) is 1.45. The van der Waals surface area contributed by atoms with Crippen molar-refractivity contribution in [2.75, 3.05) is 20.4 Å². The Kier molecular flexibility index (Phi) is 3.28. The van der Waals surface area contributed by atoms with Gasteiger partial charge in [-0.1, -0.05) is 6.07 Å². The fourth-order valence-corrected chi connectivity index (χ4v) is 1.82. The van der Waals surface area contributed by atoms with Gasteiger partial charge in [0.2, 0.25) is 6.79 Å². The standard InChI is InChI=1S/C11H16N2O3/c1-13-11(8(14)5-12)7-2-3-9-10(4-7)16-6-15-9/h2-4,8,11,13-14H,5-6,12H2,1H3. The maximum atomic E-state index is 9.76. The van der Waals surface area contributed by atoms with Gasteiger partial charge in [-0.3, -0.25) is 0 Å². The zero-order valence-corrected chi connectivity index (χ0v) is 9.14. The normalized spacial score (nSPS) is 17.2. The van der Waals surface area contributed by atoms with Gasteiger partial charge in [0.05, 0.1) is 12.1 Å². The average molecular weight is 224 g/mol. The number of benzene rings is 1. The zero-order valence-electron chi connectivity index (χ0n) is 9.14. The van der Waals surface area contributed by atoms with Crippen molar-refractivity contribution in [3.8, 4) is 11.5 Å². The van der Waals surface area contributed by atoms with E-state index in [0.29, 0.717) is 5.75 Å². The summed E-state index contributed by atoms with van der Waals surface area (Å²) in [6, 6.07) is 5.40. The van der Waals surface area contributed by atoms with Gasteiger partial charge < -0.3 is 25.6 Å². The van der Waals surface area contributed by atoms with Gasteiger partial charge in [0, 0.05) is 6.54 Å². The van der Waals surface area contributed by atoms with E-state index in [4.69, 9.17) is 15.2 Å². The van der Waals surface area contributed by atoms with Crippen molar-refractivity contribution in [1.29, 1.82) is 0 Å². The third-order valence-corrected chi connectivity index (χ3v) is 2.69. The van der Waals surface area contributed by atoms with Gasteiger partial charge in [-0.05, 0) is 24.7 Å². The van der Waals surface area contributed by atoms with Crippen molar-refractivity contribution < 1.29 is 14.6 Å². The Balaban J connectivity index is 2.25. The van der Waals surface area contributed by atoms with E-state index in [2.05, 4.69) is 5.32 Å². The molecule has 0 saturated carbocycles. The highest BCUT2D eigenvalue weighted by molar-refractivity contribution is 5.45. The third kappa shape index (κ3) is 1.97. The minimum atomic E-state index is -0.620. The maximum Gasteiger partial charge on any atom is 0.231 e. The Morgan fingerprint density at radius 2 is 2.19 bits per heavy atom. The topological polar surface area (TPSA) is 76.7 Å². The molecule has 4 N–H and O–H groups in total. The van der Waals surface area contributed by atoms with Crippen molar-refractivity contribution in [2.45, 2.75) is 12.1 Å². The van der Waals surface area contributed by atoms with Crippen LogP contribution in [0.15, 0.2) is 18.2 Å². The van der Waals surface area contributed by atoms with Crippen molar-refractivity contribution in [1.82, 2.24) is 5.32 Å². The lowest BCUT2D eigenvalue weighted by molar-refractivity contribution is 0.139. The van der Waals surface area contributed by atoms with E-state index >= 15 is 0 Å². The van der Waals surface area contributed by atoms with Gasteiger partial charge in [0.15, 0.2) is 11.5 Å². The summed E-state index contributed by atoms with van der Waals surface area (Å²) in [7, 11) is 1.79. The predicted octanol–water partition coefficient (Wildman–Crippen LogP) is -0.00460. The number of likely N-dealkylation sites (N-methyl/N-ethyl adjacent to an activating group) is 1. The van der Waals surface area contributed by atoms with Gasteiger partial charge in [0.25, 0.3) is 0 Å². The molecule has 0 spiro atoms. The van der Waals surface area contributed by atoms with Crippen LogP contribution in [0.3, 0.4) is 0 Å². The molecule has 1 aliphatic rings. The molecule has 88 valence electrons. The molecule has 0 fully saturated rings. The smallest absolute Gasteiger partial charge is 0.231 e. The first-order valence-corrected chi connectivity index (χ1v) is 5.21. The van der Waals surface area contributed by atoms with E-state index in [1.165, 1.54) is 0 Å². The molecule has 5 nitrogen and oxygen atoms in total. The molecular formula is C11H16N2O3. The molecule has 1 aromatic carbocycles. The number of aliphatic hydroxyl groups excluding tert-OH is 1. The van der Waals surface area contributed by atoms with Gasteiger partial charge in [-0.2, -0.15) is 0 Å². The van der Waals surface area contributed by atoms with Gasteiger partial charge in [0.1, 0.15) is 0 Å². The number of fused-ring (bicyclic) bond motifs is 1. The lowest BCUT2D eigenvalue weighted by atomic mass is 10.0. The van der Waals surface area contributed by atoms with Crippen LogP contribution in [-0.4, -0.2) is 31.6 Å². The minimum Gasteiger partial charge on any atom is -0.454 e. The first-order valence-electron chi connectivity index (χ1n) is 5.21. The number of rotatable bonds is 4. The van der Waals surface area contributed by atoms with Gasteiger partial charge in [-0.15, -0.1) is 0 Å². The van der Waals surface area contributed by atoms with Crippen molar-refractivity contribution in [3.63, 3.8) is 0 Å². The van der Waals surface area contributed by atoms with Crippen LogP contribution in [0.25, 0.3) is 0 Å². The first kappa shape index (κ1) is 11.2. The second-order valence-electron chi connectivity index (χ2n) is 3.68. The molecule has 0 saturated heterocycles. The lowest BCUT2D eigenvalue weighted by Crippen LogP contribution is -2.34. The van der Waals surface area contributed by atoms with Crippen LogP contribution in [-0.2, 0) is 0 Å². The molecule has 1 aromatic rings. The zero-order chi connectivity index (χ0) is 11.5. The van der Waals surface area contributed by atoms with Gasteiger partial charge in [-0.25, -0.2) is 0 Å². The number of hydrogen-bond donors (Lipinski definition) is 3. The molecule has 0 aliphatic carbocycles. The van der Waals surface area contributed by atoms with E-state index < -0.39 is 6.10 Å². The summed E-state index contributed by atoms with van der Waals surface area (Å²) in [6.07, 6.45) is -0.620. The van der Waals surface area contributed by atoms with Crippen LogP contribution in [0.1, 0.15) is 11.6 Å². The second kappa shape index (κ2) is 4.69. The highest BCUT2D eigenvalue weighted by atomic mass is 16.7. The maximum absolute atomic E-state index is 9.76. The fraction of sp³-hybridized carbons (Fsp3) is 0.455. The van der Waals surface area contributed by atoms with Crippen LogP contribution in [0.2, 0.25) is 0 Å². The van der Waals surface area contributed by atoms with E-state index in [9.17, 15) is 5.11 Å². The molecule has 2 rings (SSSR count). The Hall–Kier alpha value is -1.30. The summed E-state index contributed by atoms with van der Waals surface area (Å²) < 4.78 is 10.5. The number of nitrogens with two attached hydrogens (primary N) is 1. The number of nitrogens with one attached hydrogen (secondary N) is 1. The number of aliphatic hydroxyl groups is 1. The monoisotopic (exact) mass is 224 g/mol. The Morgan fingerprint density at radius 1 is 1.44 bits per heavy atom. The molecule has 2 atom stereocenters. The number of hydrogen-bond acceptors (Lipinski definition) is 5. The Morgan fingerprint density at radius 3 is 2.88 bits per heavy atom.